The van der Waals surface area contributed by atoms with Gasteiger partial charge in [-0.2, -0.15) is 0 Å². The molecule has 0 bridgehead atoms. The second-order valence-corrected chi connectivity index (χ2v) is 14.2. The third-order valence-electron chi connectivity index (χ3n) is 8.94. The Labute approximate surface area is 274 Å². The third kappa shape index (κ3) is 7.97. The van der Waals surface area contributed by atoms with Gasteiger partial charge in [0.2, 0.25) is 10.0 Å². The lowest BCUT2D eigenvalue weighted by atomic mass is 9.91. The van der Waals surface area contributed by atoms with E-state index in [-0.39, 0.29) is 24.6 Å². The van der Waals surface area contributed by atoms with Crippen molar-refractivity contribution in [3.05, 3.63) is 83.9 Å². The maximum Gasteiger partial charge on any atom is 0.208 e. The number of methoxy groups -OCH3 is 1. The summed E-state index contributed by atoms with van der Waals surface area (Å²) in [5.74, 6) is 1.10. The predicted molar refractivity (Wildman–Crippen MR) is 177 cm³/mol. The first-order chi connectivity index (χ1) is 22.7. The molecule has 3 heterocycles. The van der Waals surface area contributed by atoms with E-state index < -0.39 is 34.6 Å². The topological polar surface area (TPSA) is 173 Å². The molecule has 0 unspecified atom stereocenters. The molecule has 47 heavy (non-hydrogen) atoms. The molecule has 13 nitrogen and oxygen atoms in total. The summed E-state index contributed by atoms with van der Waals surface area (Å²) in [6.07, 6.45) is 1.89. The van der Waals surface area contributed by atoms with Crippen molar-refractivity contribution >= 4 is 27.0 Å². The van der Waals surface area contributed by atoms with Gasteiger partial charge in [-0.1, -0.05) is 60.7 Å². The summed E-state index contributed by atoms with van der Waals surface area (Å²) in [6.45, 7) is 1.03. The number of sulfonamides is 1. The van der Waals surface area contributed by atoms with Crippen molar-refractivity contribution in [1.29, 1.82) is 0 Å². The molecule has 1 aliphatic carbocycles. The Morgan fingerprint density at radius 1 is 0.957 bits per heavy atom. The van der Waals surface area contributed by atoms with Crippen LogP contribution in [0.4, 0.5) is 5.82 Å². The fourth-order valence-electron chi connectivity index (χ4n) is 6.56. The Bertz CT molecular complexity index is 1680. The summed E-state index contributed by atoms with van der Waals surface area (Å²) in [5.41, 5.74) is 3.29. The van der Waals surface area contributed by atoms with Crippen molar-refractivity contribution in [2.45, 2.75) is 74.8 Å². The van der Waals surface area contributed by atoms with Gasteiger partial charge in [-0.05, 0) is 36.8 Å². The average Bonchev–Trinajstić information content (AvgIpc) is 3.61. The molecular formula is C33H43N7O6S. The molecule has 1 saturated carbocycles. The first-order valence-corrected chi connectivity index (χ1v) is 17.9. The normalized spacial score (nSPS) is 25.0. The van der Waals surface area contributed by atoms with Gasteiger partial charge in [-0.3, -0.25) is 4.57 Å². The molecule has 14 heteroatoms. The van der Waals surface area contributed by atoms with Gasteiger partial charge < -0.3 is 30.3 Å². The van der Waals surface area contributed by atoms with Crippen LogP contribution in [0.5, 0.6) is 0 Å². The van der Waals surface area contributed by atoms with Crippen molar-refractivity contribution in [2.24, 2.45) is 0 Å². The van der Waals surface area contributed by atoms with E-state index in [0.717, 1.165) is 36.8 Å². The van der Waals surface area contributed by atoms with Crippen LogP contribution in [-0.4, -0.2) is 95.1 Å². The van der Waals surface area contributed by atoms with Gasteiger partial charge in [0.1, 0.15) is 24.1 Å². The number of benzene rings is 2. The van der Waals surface area contributed by atoms with Crippen molar-refractivity contribution in [3.63, 3.8) is 0 Å². The van der Waals surface area contributed by atoms with E-state index in [1.165, 1.54) is 13.4 Å². The van der Waals surface area contributed by atoms with Crippen molar-refractivity contribution in [3.8, 4) is 0 Å². The Morgan fingerprint density at radius 3 is 2.21 bits per heavy atom. The van der Waals surface area contributed by atoms with E-state index >= 15 is 0 Å². The fourth-order valence-corrected chi connectivity index (χ4v) is 7.40. The van der Waals surface area contributed by atoms with Crippen LogP contribution < -0.4 is 15.4 Å². The van der Waals surface area contributed by atoms with Crippen LogP contribution in [-0.2, 0) is 26.0 Å². The standard InChI is InChI=1S/C33H43N7O6S/c1-45-19-26-29(41)30(42)33(46-26)40-20-36-28-31(35-17-25(21-9-5-3-6-10-21)22-11-7-4-8-12-22)37-27(38-32(28)40)18-34-23-13-15-24(16-14-23)39-47(2,43)44/h3-12,20,23-26,29-30,33-34,39,41-42H,13-19H2,1-2H3,(H,35,37,38)/t23?,24?,26-,29-,30+,33-/m1/s1. The predicted octanol–water partition coefficient (Wildman–Crippen LogP) is 2.29. The Balaban J connectivity index is 1.27. The van der Waals surface area contributed by atoms with E-state index in [1.807, 2.05) is 36.4 Å². The van der Waals surface area contributed by atoms with Gasteiger partial charge in [0.05, 0.1) is 25.7 Å². The first kappa shape index (κ1) is 33.4. The maximum atomic E-state index is 11.7. The molecule has 0 spiro atoms. The minimum atomic E-state index is -3.25. The molecule has 1 aliphatic heterocycles. The number of imidazole rings is 1. The van der Waals surface area contributed by atoms with Gasteiger partial charge in [-0.15, -0.1) is 0 Å². The monoisotopic (exact) mass is 665 g/mol. The SMILES string of the molecule is COC[C@H]1O[C@@H](n2cnc3c(NCC(c4ccccc4)c4ccccc4)nc(CNC4CCC(NS(C)(=O)=O)CC4)nc32)[C@@H](O)[C@@H]1O. The zero-order valence-electron chi connectivity index (χ0n) is 26.6. The zero-order chi connectivity index (χ0) is 33.0. The smallest absolute Gasteiger partial charge is 0.208 e. The molecule has 4 atom stereocenters. The number of nitrogens with one attached hydrogen (secondary N) is 3. The van der Waals surface area contributed by atoms with Gasteiger partial charge in [-0.25, -0.2) is 28.1 Å². The minimum Gasteiger partial charge on any atom is -0.387 e. The van der Waals surface area contributed by atoms with E-state index in [0.29, 0.717) is 35.9 Å². The lowest BCUT2D eigenvalue weighted by molar-refractivity contribution is -0.0580. The number of anilines is 1. The van der Waals surface area contributed by atoms with Crippen molar-refractivity contribution in [1.82, 2.24) is 29.6 Å². The molecule has 2 fully saturated rings. The number of nitrogens with zero attached hydrogens (tertiary/aromatic N) is 4. The second-order valence-electron chi connectivity index (χ2n) is 12.4. The van der Waals surface area contributed by atoms with E-state index in [2.05, 4.69) is 44.6 Å². The highest BCUT2D eigenvalue weighted by molar-refractivity contribution is 7.88. The average molecular weight is 666 g/mol. The first-order valence-electron chi connectivity index (χ1n) is 16.0. The van der Waals surface area contributed by atoms with E-state index in [4.69, 9.17) is 19.4 Å². The number of fused-ring (bicyclic) bond motifs is 1. The Morgan fingerprint density at radius 2 is 1.60 bits per heavy atom. The molecule has 2 aliphatic rings. The highest BCUT2D eigenvalue weighted by Gasteiger charge is 2.44. The quantitative estimate of drug-likeness (QED) is 0.142. The molecule has 0 amide bonds. The second kappa shape index (κ2) is 14.7. The highest BCUT2D eigenvalue weighted by atomic mass is 32.2. The molecule has 1 saturated heterocycles. The molecule has 4 aromatic rings. The highest BCUT2D eigenvalue weighted by Crippen LogP contribution is 2.33. The van der Waals surface area contributed by atoms with Crippen LogP contribution in [0.3, 0.4) is 0 Å². The number of hydrogen-bond acceptors (Lipinski definition) is 11. The van der Waals surface area contributed by atoms with Crippen molar-refractivity contribution < 1.29 is 28.1 Å². The van der Waals surface area contributed by atoms with Crippen LogP contribution >= 0.6 is 0 Å². The molecule has 6 rings (SSSR count). The van der Waals surface area contributed by atoms with Gasteiger partial charge in [0.25, 0.3) is 0 Å². The molecule has 0 radical (unpaired) electrons. The summed E-state index contributed by atoms with van der Waals surface area (Å²) in [4.78, 5) is 14.4. The summed E-state index contributed by atoms with van der Waals surface area (Å²) in [5, 5.41) is 28.7. The number of aromatic nitrogens is 4. The maximum absolute atomic E-state index is 11.7. The van der Waals surface area contributed by atoms with E-state index in [1.54, 1.807) is 10.9 Å². The lowest BCUT2D eigenvalue weighted by Crippen LogP contribution is -2.41. The molecule has 5 N–H and O–H groups in total. The Kier molecular flexibility index (Phi) is 10.5. The van der Waals surface area contributed by atoms with Crippen LogP contribution in [0.2, 0.25) is 0 Å². The third-order valence-corrected chi connectivity index (χ3v) is 9.71. The number of aliphatic hydroxyl groups is 2. The summed E-state index contributed by atoms with van der Waals surface area (Å²) >= 11 is 0. The summed E-state index contributed by atoms with van der Waals surface area (Å²) in [7, 11) is -1.73. The summed E-state index contributed by atoms with van der Waals surface area (Å²) in [6, 6.07) is 20.7. The number of hydrogen-bond donors (Lipinski definition) is 5. The number of aliphatic hydroxyl groups excluding tert-OH is 2. The zero-order valence-corrected chi connectivity index (χ0v) is 27.4. The number of rotatable bonds is 13. The van der Waals surface area contributed by atoms with Crippen LogP contribution in [0.25, 0.3) is 11.2 Å². The van der Waals surface area contributed by atoms with Crippen LogP contribution in [0.15, 0.2) is 67.0 Å². The number of ether oxygens (including phenoxy) is 2. The molecule has 252 valence electrons. The largest absolute Gasteiger partial charge is 0.387 e. The van der Waals surface area contributed by atoms with Crippen LogP contribution in [0.1, 0.15) is 54.8 Å². The van der Waals surface area contributed by atoms with Crippen molar-refractivity contribution in [2.75, 3.05) is 31.8 Å². The molecular weight excluding hydrogens is 622 g/mol. The van der Waals surface area contributed by atoms with E-state index in [9.17, 15) is 18.6 Å². The van der Waals surface area contributed by atoms with Gasteiger partial charge in [0.15, 0.2) is 23.2 Å². The summed E-state index contributed by atoms with van der Waals surface area (Å²) < 4.78 is 38.9. The fraction of sp³-hybridized carbons (Fsp3) is 0.485. The van der Waals surface area contributed by atoms with Crippen LogP contribution in [0, 0.1) is 0 Å². The van der Waals surface area contributed by atoms with Gasteiger partial charge in [0, 0.05) is 31.7 Å². The lowest BCUT2D eigenvalue weighted by Gasteiger charge is -2.29. The Hall–Kier alpha value is -3.50. The molecule has 2 aromatic heterocycles. The minimum absolute atomic E-state index is 0.0340. The molecule has 2 aromatic carbocycles. The van der Waals surface area contributed by atoms with Gasteiger partial charge >= 0.3 is 0 Å².